The standard InChI is InChI=1S/C20H22F6N4O/c1-27-17-16(29(2)18(31)28-17)9-12-5-7-30(8-6-12)11-13-3-4-14(19(21,22)23)10-15(13)20(24,25)26/h3-4,9-10,12H,5-8,11H2,1-2H3,(H,27,28,31)/b16-9-. The minimum absolute atomic E-state index is 0.0854. The molecule has 1 aromatic rings. The Balaban J connectivity index is 1.70. The lowest BCUT2D eigenvalue weighted by molar-refractivity contribution is -0.143. The third kappa shape index (κ3) is 5.20. The van der Waals surface area contributed by atoms with E-state index in [-0.39, 0.29) is 30.1 Å². The molecule has 1 N–H and O–H groups in total. The summed E-state index contributed by atoms with van der Waals surface area (Å²) in [6.07, 6.45) is -6.50. The third-order valence-electron chi connectivity index (χ3n) is 5.52. The molecule has 2 aliphatic rings. The summed E-state index contributed by atoms with van der Waals surface area (Å²) >= 11 is 0. The number of halogens is 6. The van der Waals surface area contributed by atoms with Crippen LogP contribution < -0.4 is 5.32 Å². The highest BCUT2D eigenvalue weighted by atomic mass is 19.4. The molecule has 1 aromatic carbocycles. The molecular formula is C20H22F6N4O. The average Bonchev–Trinajstić information content (AvgIpc) is 2.96. The molecular weight excluding hydrogens is 426 g/mol. The molecule has 2 heterocycles. The quantitative estimate of drug-likeness (QED) is 0.693. The monoisotopic (exact) mass is 448 g/mol. The van der Waals surface area contributed by atoms with Crippen LogP contribution in [0.15, 0.2) is 35.0 Å². The van der Waals surface area contributed by atoms with Gasteiger partial charge in [-0.3, -0.25) is 20.1 Å². The summed E-state index contributed by atoms with van der Waals surface area (Å²) in [7, 11) is 3.19. The van der Waals surface area contributed by atoms with Crippen LogP contribution in [0, 0.1) is 5.92 Å². The van der Waals surface area contributed by atoms with E-state index in [0.717, 1.165) is 6.07 Å². The smallest absolute Gasteiger partial charge is 0.299 e. The van der Waals surface area contributed by atoms with Gasteiger partial charge in [0.2, 0.25) is 0 Å². The first-order chi connectivity index (χ1) is 14.4. The van der Waals surface area contributed by atoms with E-state index >= 15 is 0 Å². The lowest BCUT2D eigenvalue weighted by Gasteiger charge is -2.32. The van der Waals surface area contributed by atoms with Gasteiger partial charge in [0.25, 0.3) is 0 Å². The number of amidine groups is 1. The van der Waals surface area contributed by atoms with Gasteiger partial charge in [0, 0.05) is 20.6 Å². The minimum Gasteiger partial charge on any atom is -0.299 e. The van der Waals surface area contributed by atoms with Crippen LogP contribution in [0.25, 0.3) is 0 Å². The first-order valence-electron chi connectivity index (χ1n) is 9.63. The van der Waals surface area contributed by atoms with Crippen molar-refractivity contribution in [2.45, 2.75) is 31.7 Å². The third-order valence-corrected chi connectivity index (χ3v) is 5.52. The molecule has 3 rings (SSSR count). The Labute approximate surface area is 175 Å². The Morgan fingerprint density at radius 1 is 1.13 bits per heavy atom. The van der Waals surface area contributed by atoms with Crippen LogP contribution in [0.1, 0.15) is 29.5 Å². The van der Waals surface area contributed by atoms with Crippen molar-refractivity contribution in [3.05, 3.63) is 46.7 Å². The zero-order chi connectivity index (χ0) is 23.0. The SMILES string of the molecule is CN=C1NC(=O)N(C)/C1=C\C1CCN(Cc2ccc(C(F)(F)F)cc2C(F)(F)F)CC1. The average molecular weight is 448 g/mol. The lowest BCUT2D eigenvalue weighted by atomic mass is 9.94. The highest BCUT2D eigenvalue weighted by Gasteiger charge is 2.38. The van der Waals surface area contributed by atoms with Crippen molar-refractivity contribution in [2.24, 2.45) is 10.9 Å². The summed E-state index contributed by atoms with van der Waals surface area (Å²) in [5.41, 5.74) is -2.09. The second-order valence-electron chi connectivity index (χ2n) is 7.59. The van der Waals surface area contributed by atoms with Gasteiger partial charge in [0.1, 0.15) is 0 Å². The van der Waals surface area contributed by atoms with Crippen molar-refractivity contribution in [3.63, 3.8) is 0 Å². The largest absolute Gasteiger partial charge is 0.416 e. The van der Waals surface area contributed by atoms with Crippen molar-refractivity contribution in [2.75, 3.05) is 27.2 Å². The molecule has 2 fully saturated rings. The number of likely N-dealkylation sites (N-methyl/N-ethyl adjacent to an activating group) is 1. The summed E-state index contributed by atoms with van der Waals surface area (Å²) < 4.78 is 78.6. The van der Waals surface area contributed by atoms with Gasteiger partial charge in [-0.05, 0) is 49.5 Å². The fraction of sp³-hybridized carbons (Fsp3) is 0.500. The first kappa shape index (κ1) is 23.1. The molecule has 2 amide bonds. The summed E-state index contributed by atoms with van der Waals surface area (Å²) in [5.74, 6) is 0.572. The molecule has 2 saturated heterocycles. The molecule has 170 valence electrons. The van der Waals surface area contributed by atoms with E-state index in [1.54, 1.807) is 19.0 Å². The minimum atomic E-state index is -4.87. The number of rotatable bonds is 3. The van der Waals surface area contributed by atoms with E-state index in [1.165, 1.54) is 4.90 Å². The van der Waals surface area contributed by atoms with Crippen molar-refractivity contribution < 1.29 is 31.1 Å². The van der Waals surface area contributed by atoms with Crippen LogP contribution in [-0.4, -0.2) is 48.9 Å². The second kappa shape index (κ2) is 8.52. The van der Waals surface area contributed by atoms with Gasteiger partial charge in [0.15, 0.2) is 5.84 Å². The maximum atomic E-state index is 13.4. The molecule has 0 unspecified atom stereocenters. The van der Waals surface area contributed by atoms with E-state index in [4.69, 9.17) is 0 Å². The number of amides is 2. The van der Waals surface area contributed by atoms with Gasteiger partial charge in [-0.2, -0.15) is 26.3 Å². The Kier molecular flexibility index (Phi) is 6.35. The van der Waals surface area contributed by atoms with E-state index in [1.807, 2.05) is 6.08 Å². The highest BCUT2D eigenvalue weighted by Crippen LogP contribution is 2.38. The molecule has 0 saturated carbocycles. The number of nitrogens with one attached hydrogen (secondary N) is 1. The molecule has 0 aromatic heterocycles. The predicted octanol–water partition coefficient (Wildman–Crippen LogP) is 4.50. The number of nitrogens with zero attached hydrogens (tertiary/aromatic N) is 3. The van der Waals surface area contributed by atoms with Crippen molar-refractivity contribution in [3.8, 4) is 0 Å². The maximum Gasteiger partial charge on any atom is 0.416 e. The molecule has 0 radical (unpaired) electrons. The Morgan fingerprint density at radius 2 is 1.77 bits per heavy atom. The van der Waals surface area contributed by atoms with Gasteiger partial charge >= 0.3 is 18.4 Å². The van der Waals surface area contributed by atoms with E-state index in [0.29, 0.717) is 43.5 Å². The molecule has 11 heteroatoms. The number of allylic oxidation sites excluding steroid dienone is 1. The number of benzene rings is 1. The van der Waals surface area contributed by atoms with Gasteiger partial charge in [-0.15, -0.1) is 0 Å². The number of likely N-dealkylation sites (tertiary alicyclic amines) is 1. The summed E-state index contributed by atoms with van der Waals surface area (Å²) in [5, 5.41) is 2.64. The number of carbonyl (C=O) groups excluding carboxylic acids is 1. The molecule has 0 bridgehead atoms. The van der Waals surface area contributed by atoms with Gasteiger partial charge in [-0.1, -0.05) is 12.1 Å². The van der Waals surface area contributed by atoms with Crippen LogP contribution in [0.2, 0.25) is 0 Å². The number of hydrogen-bond acceptors (Lipinski definition) is 3. The van der Waals surface area contributed by atoms with Gasteiger partial charge in [0.05, 0.1) is 16.8 Å². The number of alkyl halides is 6. The molecule has 31 heavy (non-hydrogen) atoms. The van der Waals surface area contributed by atoms with Crippen molar-refractivity contribution >= 4 is 11.9 Å². The lowest BCUT2D eigenvalue weighted by Crippen LogP contribution is -2.34. The van der Waals surface area contributed by atoms with Crippen molar-refractivity contribution in [1.82, 2.24) is 15.1 Å². The zero-order valence-corrected chi connectivity index (χ0v) is 16.9. The molecule has 2 aliphatic heterocycles. The topological polar surface area (TPSA) is 47.9 Å². The first-order valence-corrected chi connectivity index (χ1v) is 9.63. The Morgan fingerprint density at radius 3 is 2.32 bits per heavy atom. The van der Waals surface area contributed by atoms with Crippen LogP contribution in [0.5, 0.6) is 0 Å². The Hall–Kier alpha value is -2.56. The zero-order valence-electron chi connectivity index (χ0n) is 16.9. The predicted molar refractivity (Wildman–Crippen MR) is 102 cm³/mol. The second-order valence-corrected chi connectivity index (χ2v) is 7.59. The normalized spacial score (nSPS) is 21.9. The molecule has 0 atom stereocenters. The van der Waals surface area contributed by atoms with E-state index in [9.17, 15) is 31.1 Å². The van der Waals surface area contributed by atoms with E-state index < -0.39 is 23.5 Å². The number of hydrogen-bond donors (Lipinski definition) is 1. The van der Waals surface area contributed by atoms with Gasteiger partial charge in [-0.25, -0.2) is 4.79 Å². The van der Waals surface area contributed by atoms with Crippen molar-refractivity contribution in [1.29, 1.82) is 0 Å². The Bertz CT molecular complexity index is 898. The van der Waals surface area contributed by atoms with Crippen LogP contribution in [0.3, 0.4) is 0 Å². The summed E-state index contributed by atoms with van der Waals surface area (Å²) in [6, 6.07) is 1.49. The maximum absolute atomic E-state index is 13.4. The molecule has 0 aliphatic carbocycles. The molecule has 5 nitrogen and oxygen atoms in total. The fourth-order valence-electron chi connectivity index (χ4n) is 3.78. The summed E-state index contributed by atoms with van der Waals surface area (Å²) in [4.78, 5) is 19.1. The molecule has 0 spiro atoms. The number of carbonyl (C=O) groups is 1. The van der Waals surface area contributed by atoms with E-state index in [2.05, 4.69) is 10.3 Å². The van der Waals surface area contributed by atoms with Crippen LogP contribution >= 0.6 is 0 Å². The van der Waals surface area contributed by atoms with Crippen LogP contribution in [-0.2, 0) is 18.9 Å². The van der Waals surface area contributed by atoms with Gasteiger partial charge < -0.3 is 0 Å². The number of urea groups is 1. The fourth-order valence-corrected chi connectivity index (χ4v) is 3.78. The highest BCUT2D eigenvalue weighted by molar-refractivity contribution is 6.14. The number of piperidine rings is 1. The van der Waals surface area contributed by atoms with Crippen LogP contribution in [0.4, 0.5) is 31.1 Å². The number of aliphatic imine (C=N–C) groups is 1. The summed E-state index contributed by atoms with van der Waals surface area (Å²) in [6.45, 7) is 0.880.